The Morgan fingerprint density at radius 3 is 1.08 bits per heavy atom. The topological polar surface area (TPSA) is 32.3 Å². The first kappa shape index (κ1) is 15.9. The van der Waals surface area contributed by atoms with Crippen LogP contribution in [0.2, 0.25) is 16.6 Å². The number of rotatable bonds is 4. The standard InChI is InChI=1S/C9H23NOSi.ClH/c1-7(2)12(10-11,8(3)4)9(5)6;/h7-11H,1-6H3;1H. The quantitative estimate of drug-likeness (QED) is 0.567. The fraction of sp³-hybridized carbons (Fsp3) is 1.00. The molecule has 0 amide bonds. The summed E-state index contributed by atoms with van der Waals surface area (Å²) in [6.45, 7) is 13.2. The second-order valence-electron chi connectivity index (χ2n) is 4.51. The van der Waals surface area contributed by atoms with Crippen LogP contribution in [0.1, 0.15) is 41.5 Å². The van der Waals surface area contributed by atoms with Crippen LogP contribution in [0, 0.1) is 0 Å². The molecule has 0 saturated heterocycles. The molecule has 0 spiro atoms. The minimum atomic E-state index is -1.70. The molecule has 0 unspecified atom stereocenters. The molecule has 13 heavy (non-hydrogen) atoms. The molecular weight excluding hydrogens is 202 g/mol. The third-order valence-corrected chi connectivity index (χ3v) is 9.18. The Balaban J connectivity index is 0. The van der Waals surface area contributed by atoms with Gasteiger partial charge in [0, 0.05) is 0 Å². The average Bonchev–Trinajstić information content (AvgIpc) is 1.86. The smallest absolute Gasteiger partial charge is 0.163 e. The molecule has 82 valence electrons. The third kappa shape index (κ3) is 2.94. The molecule has 2 nitrogen and oxygen atoms in total. The van der Waals surface area contributed by atoms with Gasteiger partial charge in [-0.15, -0.1) is 12.4 Å². The first-order chi connectivity index (χ1) is 5.39. The molecule has 0 saturated carbocycles. The fourth-order valence-corrected chi connectivity index (χ4v) is 7.16. The lowest BCUT2D eigenvalue weighted by Gasteiger charge is -2.40. The maximum Gasteiger partial charge on any atom is 0.163 e. The molecule has 4 heteroatoms. The van der Waals surface area contributed by atoms with E-state index in [-0.39, 0.29) is 12.4 Å². The zero-order chi connectivity index (χ0) is 9.94. The number of hydrogen-bond donors (Lipinski definition) is 2. The maximum atomic E-state index is 9.30. The van der Waals surface area contributed by atoms with Crippen LogP contribution in [0.25, 0.3) is 0 Å². The minimum absolute atomic E-state index is 0. The summed E-state index contributed by atoms with van der Waals surface area (Å²) in [4.78, 5) is 0. The van der Waals surface area contributed by atoms with Crippen molar-refractivity contribution in [1.29, 1.82) is 0 Å². The molecular formula is C9H24ClNOSi. The fourth-order valence-electron chi connectivity index (χ4n) is 2.39. The summed E-state index contributed by atoms with van der Waals surface area (Å²) in [5.74, 6) is 0. The van der Waals surface area contributed by atoms with Gasteiger partial charge in [-0.05, 0) is 16.6 Å². The largest absolute Gasteiger partial charge is 0.324 e. The van der Waals surface area contributed by atoms with Crippen LogP contribution in [0.5, 0.6) is 0 Å². The van der Waals surface area contributed by atoms with E-state index in [1.807, 2.05) is 0 Å². The van der Waals surface area contributed by atoms with Gasteiger partial charge in [0.05, 0.1) is 0 Å². The molecule has 0 radical (unpaired) electrons. The predicted molar refractivity (Wildman–Crippen MR) is 63.2 cm³/mol. The van der Waals surface area contributed by atoms with E-state index < -0.39 is 8.24 Å². The van der Waals surface area contributed by atoms with Crippen molar-refractivity contribution in [3.8, 4) is 0 Å². The third-order valence-electron chi connectivity index (χ3n) is 3.06. The van der Waals surface area contributed by atoms with Crippen LogP contribution in [0.3, 0.4) is 0 Å². The monoisotopic (exact) mass is 225 g/mol. The van der Waals surface area contributed by atoms with Gasteiger partial charge >= 0.3 is 0 Å². The van der Waals surface area contributed by atoms with E-state index in [0.29, 0.717) is 16.6 Å². The summed E-state index contributed by atoms with van der Waals surface area (Å²) in [6.07, 6.45) is 0. The summed E-state index contributed by atoms with van der Waals surface area (Å²) < 4.78 is 0. The van der Waals surface area contributed by atoms with Gasteiger partial charge in [-0.1, -0.05) is 41.5 Å². The Morgan fingerprint density at radius 2 is 1.08 bits per heavy atom. The predicted octanol–water partition coefficient (Wildman–Crippen LogP) is 3.56. The molecule has 0 aromatic carbocycles. The van der Waals surface area contributed by atoms with Crippen molar-refractivity contribution in [1.82, 2.24) is 5.15 Å². The Morgan fingerprint density at radius 1 is 0.846 bits per heavy atom. The van der Waals surface area contributed by atoms with E-state index in [9.17, 15) is 5.21 Å². The maximum absolute atomic E-state index is 9.30. The molecule has 0 atom stereocenters. The summed E-state index contributed by atoms with van der Waals surface area (Å²) in [7, 11) is -1.70. The van der Waals surface area contributed by atoms with Crippen LogP contribution in [-0.4, -0.2) is 13.4 Å². The van der Waals surface area contributed by atoms with Crippen molar-refractivity contribution in [3.63, 3.8) is 0 Å². The van der Waals surface area contributed by atoms with E-state index in [4.69, 9.17) is 0 Å². The zero-order valence-corrected chi connectivity index (χ0v) is 11.4. The second-order valence-corrected chi connectivity index (χ2v) is 10.1. The normalized spacial score (nSPS) is 12.5. The van der Waals surface area contributed by atoms with E-state index in [2.05, 4.69) is 46.7 Å². The lowest BCUT2D eigenvalue weighted by Crippen LogP contribution is -2.56. The van der Waals surface area contributed by atoms with Crippen molar-refractivity contribution >= 4 is 20.6 Å². The van der Waals surface area contributed by atoms with Crippen LogP contribution in [-0.2, 0) is 0 Å². The summed E-state index contributed by atoms with van der Waals surface area (Å²) in [5, 5.41) is 12.0. The number of halogens is 1. The summed E-state index contributed by atoms with van der Waals surface area (Å²) in [5.41, 5.74) is 1.72. The van der Waals surface area contributed by atoms with Gasteiger partial charge in [0.15, 0.2) is 8.24 Å². The first-order valence-electron chi connectivity index (χ1n) is 4.80. The average molecular weight is 226 g/mol. The molecule has 0 aliphatic rings. The van der Waals surface area contributed by atoms with E-state index in [0.717, 1.165) is 0 Å². The van der Waals surface area contributed by atoms with Crippen LogP contribution in [0.4, 0.5) is 0 Å². The van der Waals surface area contributed by atoms with Crippen LogP contribution < -0.4 is 5.15 Å². The van der Waals surface area contributed by atoms with Gasteiger partial charge < -0.3 is 5.21 Å². The second kappa shape index (κ2) is 6.01. The van der Waals surface area contributed by atoms with Crippen LogP contribution >= 0.6 is 12.4 Å². The summed E-state index contributed by atoms with van der Waals surface area (Å²) in [6, 6.07) is 0. The van der Waals surface area contributed by atoms with Crippen molar-refractivity contribution in [2.75, 3.05) is 0 Å². The van der Waals surface area contributed by atoms with Gasteiger partial charge in [0.1, 0.15) is 0 Å². The molecule has 0 fully saturated rings. The van der Waals surface area contributed by atoms with Gasteiger partial charge in [0.25, 0.3) is 0 Å². The summed E-state index contributed by atoms with van der Waals surface area (Å²) >= 11 is 0. The molecule has 2 N–H and O–H groups in total. The zero-order valence-electron chi connectivity index (χ0n) is 9.59. The highest BCUT2D eigenvalue weighted by atomic mass is 35.5. The van der Waals surface area contributed by atoms with Crippen molar-refractivity contribution in [2.24, 2.45) is 0 Å². The van der Waals surface area contributed by atoms with E-state index in [1.165, 1.54) is 0 Å². The highest BCUT2D eigenvalue weighted by Crippen LogP contribution is 2.38. The van der Waals surface area contributed by atoms with Gasteiger partial charge in [-0.25, -0.2) is 5.15 Å². The van der Waals surface area contributed by atoms with Gasteiger partial charge in [0.2, 0.25) is 0 Å². The molecule has 0 bridgehead atoms. The molecule has 0 aromatic rings. The molecule has 0 aliphatic carbocycles. The van der Waals surface area contributed by atoms with E-state index in [1.54, 1.807) is 0 Å². The molecule has 0 aromatic heterocycles. The lowest BCUT2D eigenvalue weighted by molar-refractivity contribution is 0.226. The highest BCUT2D eigenvalue weighted by molar-refractivity contribution is 6.80. The lowest BCUT2D eigenvalue weighted by atomic mass is 10.5. The Kier molecular flexibility index (Phi) is 7.35. The minimum Gasteiger partial charge on any atom is -0.324 e. The van der Waals surface area contributed by atoms with Gasteiger partial charge in [-0.2, -0.15) is 0 Å². The van der Waals surface area contributed by atoms with Crippen LogP contribution in [0.15, 0.2) is 0 Å². The molecule has 0 rings (SSSR count). The number of hydrogen-bond acceptors (Lipinski definition) is 2. The Hall–Kier alpha value is 0.427. The highest BCUT2D eigenvalue weighted by Gasteiger charge is 2.42. The van der Waals surface area contributed by atoms with Crippen molar-refractivity contribution in [3.05, 3.63) is 0 Å². The SMILES string of the molecule is CC(C)[Si](NO)(C(C)C)C(C)C.Cl. The Labute approximate surface area is 89.6 Å². The first-order valence-corrected chi connectivity index (χ1v) is 7.04. The van der Waals surface area contributed by atoms with Gasteiger partial charge in [-0.3, -0.25) is 0 Å². The van der Waals surface area contributed by atoms with Crippen molar-refractivity contribution < 1.29 is 5.21 Å². The molecule has 0 heterocycles. The molecule has 0 aliphatic heterocycles. The Bertz CT molecular complexity index is 118. The van der Waals surface area contributed by atoms with Crippen molar-refractivity contribution in [2.45, 2.75) is 58.2 Å². The van der Waals surface area contributed by atoms with E-state index >= 15 is 0 Å². The number of nitrogens with one attached hydrogen (secondary N) is 1.